The standard InChI is InChI=1S/C26H29NO/c28-24(27-11-10-21-6-4-5-7-22(21)17-27)26-15-19-12-20(16-26)14-25(13-19,18-26)23-8-2-1-3-9-23/h1-9,19-20H,10-18H2/t19-,20+,25?,26?. The van der Waals surface area contributed by atoms with Gasteiger partial charge in [-0.15, -0.1) is 0 Å². The number of rotatable bonds is 2. The van der Waals surface area contributed by atoms with Crippen LogP contribution in [0.4, 0.5) is 0 Å². The van der Waals surface area contributed by atoms with Crippen LogP contribution < -0.4 is 0 Å². The summed E-state index contributed by atoms with van der Waals surface area (Å²) in [6.07, 6.45) is 8.30. The third kappa shape index (κ3) is 2.43. The molecular formula is C26H29NO. The largest absolute Gasteiger partial charge is 0.338 e. The van der Waals surface area contributed by atoms with Gasteiger partial charge in [0, 0.05) is 13.1 Å². The molecule has 4 atom stereocenters. The highest BCUT2D eigenvalue weighted by Crippen LogP contribution is 2.66. The first kappa shape index (κ1) is 16.8. The summed E-state index contributed by atoms with van der Waals surface area (Å²) in [6, 6.07) is 19.8. The van der Waals surface area contributed by atoms with Crippen molar-refractivity contribution in [3.05, 3.63) is 71.3 Å². The van der Waals surface area contributed by atoms with Crippen LogP contribution >= 0.6 is 0 Å². The molecule has 4 aliphatic carbocycles. The van der Waals surface area contributed by atoms with Crippen LogP contribution in [0.15, 0.2) is 54.6 Å². The molecule has 0 N–H and O–H groups in total. The normalized spacial score (nSPS) is 35.6. The summed E-state index contributed by atoms with van der Waals surface area (Å²) >= 11 is 0. The number of benzene rings is 2. The number of carbonyl (C=O) groups is 1. The van der Waals surface area contributed by atoms with E-state index in [2.05, 4.69) is 59.5 Å². The zero-order valence-corrected chi connectivity index (χ0v) is 16.6. The monoisotopic (exact) mass is 371 g/mol. The lowest BCUT2D eigenvalue weighted by molar-refractivity contribution is -0.161. The average molecular weight is 372 g/mol. The fraction of sp³-hybridized carbons (Fsp3) is 0.500. The molecular weight excluding hydrogens is 342 g/mol. The number of fused-ring (bicyclic) bond motifs is 1. The van der Waals surface area contributed by atoms with Crippen molar-refractivity contribution in [1.82, 2.24) is 4.90 Å². The third-order valence-corrected chi connectivity index (χ3v) is 8.32. The Balaban J connectivity index is 1.34. The van der Waals surface area contributed by atoms with Gasteiger partial charge in [-0.05, 0) is 78.9 Å². The van der Waals surface area contributed by atoms with Crippen LogP contribution in [-0.2, 0) is 23.2 Å². The van der Waals surface area contributed by atoms with E-state index in [1.165, 1.54) is 36.0 Å². The van der Waals surface area contributed by atoms with Crippen LogP contribution in [0.25, 0.3) is 0 Å². The first-order valence-corrected chi connectivity index (χ1v) is 11.1. The van der Waals surface area contributed by atoms with Gasteiger partial charge in [-0.25, -0.2) is 0 Å². The number of carbonyl (C=O) groups excluding carboxylic acids is 1. The Labute approximate surface area is 167 Å². The van der Waals surface area contributed by atoms with Gasteiger partial charge >= 0.3 is 0 Å². The molecule has 1 heterocycles. The molecule has 5 aliphatic rings. The average Bonchev–Trinajstić information content (AvgIpc) is 2.72. The highest BCUT2D eigenvalue weighted by atomic mass is 16.2. The second-order valence-corrected chi connectivity index (χ2v) is 10.1. The van der Waals surface area contributed by atoms with Gasteiger partial charge in [-0.2, -0.15) is 0 Å². The van der Waals surface area contributed by atoms with E-state index in [-0.39, 0.29) is 10.8 Å². The molecule has 4 fully saturated rings. The lowest BCUT2D eigenvalue weighted by Crippen LogP contribution is -2.60. The van der Waals surface area contributed by atoms with E-state index in [9.17, 15) is 4.79 Å². The van der Waals surface area contributed by atoms with Crippen LogP contribution in [0, 0.1) is 17.3 Å². The maximum Gasteiger partial charge on any atom is 0.229 e. The number of amides is 1. The molecule has 0 saturated heterocycles. The lowest BCUT2D eigenvalue weighted by Gasteiger charge is -2.62. The van der Waals surface area contributed by atoms with Crippen LogP contribution in [-0.4, -0.2) is 17.4 Å². The Hall–Kier alpha value is -2.09. The number of hydrogen-bond acceptors (Lipinski definition) is 1. The van der Waals surface area contributed by atoms with Gasteiger partial charge in [-0.3, -0.25) is 4.79 Å². The molecule has 4 bridgehead atoms. The molecule has 7 rings (SSSR count). The van der Waals surface area contributed by atoms with Crippen molar-refractivity contribution in [2.45, 2.75) is 56.9 Å². The maximum atomic E-state index is 14.0. The summed E-state index contributed by atoms with van der Waals surface area (Å²) in [7, 11) is 0. The van der Waals surface area contributed by atoms with Crippen molar-refractivity contribution >= 4 is 5.91 Å². The van der Waals surface area contributed by atoms with Crippen molar-refractivity contribution in [3.8, 4) is 0 Å². The van der Waals surface area contributed by atoms with Crippen molar-refractivity contribution in [3.63, 3.8) is 0 Å². The highest BCUT2D eigenvalue weighted by molar-refractivity contribution is 5.84. The molecule has 2 aromatic rings. The molecule has 0 radical (unpaired) electrons. The van der Waals surface area contributed by atoms with E-state index in [0.717, 1.165) is 50.6 Å². The summed E-state index contributed by atoms with van der Waals surface area (Å²) < 4.78 is 0. The summed E-state index contributed by atoms with van der Waals surface area (Å²) in [5.41, 5.74) is 4.41. The molecule has 28 heavy (non-hydrogen) atoms. The van der Waals surface area contributed by atoms with Gasteiger partial charge in [0.1, 0.15) is 0 Å². The predicted molar refractivity (Wildman–Crippen MR) is 111 cm³/mol. The summed E-state index contributed by atoms with van der Waals surface area (Å²) in [5, 5.41) is 0. The summed E-state index contributed by atoms with van der Waals surface area (Å²) in [5.74, 6) is 1.95. The van der Waals surface area contributed by atoms with Crippen LogP contribution in [0.1, 0.15) is 55.2 Å². The van der Waals surface area contributed by atoms with Crippen LogP contribution in [0.5, 0.6) is 0 Å². The van der Waals surface area contributed by atoms with E-state index in [1.54, 1.807) is 0 Å². The highest BCUT2D eigenvalue weighted by Gasteiger charge is 2.61. The Bertz CT molecular complexity index is 903. The molecule has 2 aromatic carbocycles. The van der Waals surface area contributed by atoms with E-state index < -0.39 is 0 Å². The zero-order valence-electron chi connectivity index (χ0n) is 16.6. The van der Waals surface area contributed by atoms with E-state index in [0.29, 0.717) is 5.91 Å². The number of nitrogens with zero attached hydrogens (tertiary/aromatic N) is 1. The Morgan fingerprint density at radius 1 is 0.857 bits per heavy atom. The number of hydrogen-bond donors (Lipinski definition) is 0. The maximum absolute atomic E-state index is 14.0. The van der Waals surface area contributed by atoms with Crippen molar-refractivity contribution in [2.24, 2.45) is 17.3 Å². The SMILES string of the molecule is O=C(N1CCc2ccccc2C1)C12C[C@H]3C[C@@H](C1)CC(c1ccccc1)(C3)C2. The molecule has 0 spiro atoms. The second kappa shape index (κ2) is 5.95. The minimum atomic E-state index is -0.105. The van der Waals surface area contributed by atoms with E-state index in [1.807, 2.05) is 0 Å². The van der Waals surface area contributed by atoms with Gasteiger partial charge < -0.3 is 4.90 Å². The van der Waals surface area contributed by atoms with Gasteiger partial charge in [-0.1, -0.05) is 54.6 Å². The lowest BCUT2D eigenvalue weighted by atomic mass is 9.42. The molecule has 4 saturated carbocycles. The molecule has 2 unspecified atom stereocenters. The molecule has 0 aromatic heterocycles. The van der Waals surface area contributed by atoms with E-state index >= 15 is 0 Å². The van der Waals surface area contributed by atoms with Gasteiger partial charge in [0.25, 0.3) is 0 Å². The molecule has 2 nitrogen and oxygen atoms in total. The minimum absolute atomic E-state index is 0.105. The predicted octanol–water partition coefficient (Wildman–Crippen LogP) is 5.11. The van der Waals surface area contributed by atoms with Crippen molar-refractivity contribution < 1.29 is 4.79 Å². The van der Waals surface area contributed by atoms with Gasteiger partial charge in [0.2, 0.25) is 5.91 Å². The second-order valence-electron chi connectivity index (χ2n) is 10.1. The minimum Gasteiger partial charge on any atom is -0.338 e. The molecule has 2 heteroatoms. The van der Waals surface area contributed by atoms with Crippen LogP contribution in [0.2, 0.25) is 0 Å². The van der Waals surface area contributed by atoms with Gasteiger partial charge in [0.15, 0.2) is 0 Å². The Kier molecular flexibility index (Phi) is 3.58. The van der Waals surface area contributed by atoms with E-state index in [4.69, 9.17) is 0 Å². The van der Waals surface area contributed by atoms with Crippen molar-refractivity contribution in [2.75, 3.05) is 6.54 Å². The fourth-order valence-corrected chi connectivity index (χ4v) is 7.65. The molecule has 144 valence electrons. The Morgan fingerprint density at radius 2 is 1.54 bits per heavy atom. The summed E-state index contributed by atoms with van der Waals surface area (Å²) in [6.45, 7) is 1.70. The van der Waals surface area contributed by atoms with Crippen LogP contribution in [0.3, 0.4) is 0 Å². The zero-order chi connectivity index (χ0) is 18.8. The summed E-state index contributed by atoms with van der Waals surface area (Å²) in [4.78, 5) is 16.2. The quantitative estimate of drug-likeness (QED) is 0.718. The first-order chi connectivity index (χ1) is 13.7. The third-order valence-electron chi connectivity index (χ3n) is 8.32. The van der Waals surface area contributed by atoms with Gasteiger partial charge in [0.05, 0.1) is 5.41 Å². The fourth-order valence-electron chi connectivity index (χ4n) is 7.65. The van der Waals surface area contributed by atoms with Crippen molar-refractivity contribution in [1.29, 1.82) is 0 Å². The molecule has 1 amide bonds. The topological polar surface area (TPSA) is 20.3 Å². The first-order valence-electron chi connectivity index (χ1n) is 11.1. The molecule has 1 aliphatic heterocycles. The smallest absolute Gasteiger partial charge is 0.229 e. The Morgan fingerprint density at radius 3 is 2.29 bits per heavy atom.